The molecule has 0 N–H and O–H groups in total. The molecule has 0 aliphatic heterocycles. The summed E-state index contributed by atoms with van der Waals surface area (Å²) in [6.07, 6.45) is 3.61. The van der Waals surface area contributed by atoms with Crippen LogP contribution in [0.4, 0.5) is 0 Å². The maximum Gasteiger partial charge on any atom is 0.189 e. The first-order chi connectivity index (χ1) is 9.47. The largest absolute Gasteiger partial charge is 0.283 e. The van der Waals surface area contributed by atoms with Crippen LogP contribution in [0.25, 0.3) is 0 Å². The van der Waals surface area contributed by atoms with Gasteiger partial charge in [-0.2, -0.15) is 0 Å². The molecule has 0 saturated heterocycles. The van der Waals surface area contributed by atoms with Crippen LogP contribution < -0.4 is 0 Å². The SMILES string of the molecule is Cc1ccc([S@](=O)O[C@H]2C[C@H](C)CC[C@@H]2C(C)C)cc1. The Labute approximate surface area is 125 Å². The van der Waals surface area contributed by atoms with Gasteiger partial charge in [-0.05, 0) is 49.7 Å². The van der Waals surface area contributed by atoms with E-state index in [9.17, 15) is 4.21 Å². The summed E-state index contributed by atoms with van der Waals surface area (Å²) in [6.45, 7) is 8.78. The normalized spacial score (nSPS) is 28.6. The van der Waals surface area contributed by atoms with E-state index in [-0.39, 0.29) is 6.10 Å². The van der Waals surface area contributed by atoms with Gasteiger partial charge in [0.1, 0.15) is 0 Å². The molecule has 1 aromatic rings. The Balaban J connectivity index is 2.05. The van der Waals surface area contributed by atoms with E-state index < -0.39 is 11.1 Å². The second-order valence-electron chi connectivity index (χ2n) is 6.51. The average Bonchev–Trinajstić information content (AvgIpc) is 2.39. The Bertz CT molecular complexity index is 453. The molecule has 112 valence electrons. The summed E-state index contributed by atoms with van der Waals surface area (Å²) in [5.74, 6) is 1.79. The first-order valence-corrected chi connectivity index (χ1v) is 8.70. The maximum absolute atomic E-state index is 12.4. The molecule has 1 saturated carbocycles. The Morgan fingerprint density at radius 2 is 1.85 bits per heavy atom. The summed E-state index contributed by atoms with van der Waals surface area (Å²) in [6, 6.07) is 7.78. The molecule has 0 amide bonds. The number of hydrogen-bond acceptors (Lipinski definition) is 2. The summed E-state index contributed by atoms with van der Waals surface area (Å²) in [5, 5.41) is 0. The number of hydrogen-bond donors (Lipinski definition) is 0. The highest BCUT2D eigenvalue weighted by Gasteiger charge is 2.33. The molecule has 2 nitrogen and oxygen atoms in total. The smallest absolute Gasteiger partial charge is 0.189 e. The van der Waals surface area contributed by atoms with E-state index in [2.05, 4.69) is 20.8 Å². The lowest BCUT2D eigenvalue weighted by Gasteiger charge is -2.36. The fourth-order valence-electron chi connectivity index (χ4n) is 3.04. The van der Waals surface area contributed by atoms with E-state index in [0.29, 0.717) is 17.8 Å². The third kappa shape index (κ3) is 3.92. The molecule has 3 heteroatoms. The second-order valence-corrected chi connectivity index (χ2v) is 7.64. The lowest BCUT2D eigenvalue weighted by atomic mass is 9.75. The van der Waals surface area contributed by atoms with Gasteiger partial charge in [0.05, 0.1) is 11.0 Å². The van der Waals surface area contributed by atoms with Crippen molar-refractivity contribution < 1.29 is 8.39 Å². The third-order valence-electron chi connectivity index (χ3n) is 4.39. The number of aryl methyl sites for hydroxylation is 1. The molecule has 0 bridgehead atoms. The van der Waals surface area contributed by atoms with Gasteiger partial charge >= 0.3 is 0 Å². The Morgan fingerprint density at radius 3 is 2.45 bits per heavy atom. The fourth-order valence-corrected chi connectivity index (χ4v) is 3.96. The lowest BCUT2D eigenvalue weighted by molar-refractivity contribution is 0.0567. The van der Waals surface area contributed by atoms with E-state index >= 15 is 0 Å². The van der Waals surface area contributed by atoms with Crippen LogP contribution in [-0.4, -0.2) is 10.3 Å². The molecule has 4 atom stereocenters. The first-order valence-electron chi connectivity index (χ1n) is 7.63. The van der Waals surface area contributed by atoms with Gasteiger partial charge in [0.25, 0.3) is 0 Å². The van der Waals surface area contributed by atoms with Crippen molar-refractivity contribution in [3.05, 3.63) is 29.8 Å². The van der Waals surface area contributed by atoms with Crippen molar-refractivity contribution >= 4 is 11.1 Å². The van der Waals surface area contributed by atoms with E-state index in [1.165, 1.54) is 18.4 Å². The van der Waals surface area contributed by atoms with Crippen LogP contribution in [0.1, 0.15) is 45.6 Å². The molecule has 0 spiro atoms. The Hall–Kier alpha value is -0.670. The van der Waals surface area contributed by atoms with E-state index in [4.69, 9.17) is 4.18 Å². The van der Waals surface area contributed by atoms with Crippen molar-refractivity contribution in [1.82, 2.24) is 0 Å². The first kappa shape index (κ1) is 15.7. The van der Waals surface area contributed by atoms with Crippen LogP contribution in [-0.2, 0) is 15.3 Å². The van der Waals surface area contributed by atoms with Crippen molar-refractivity contribution in [3.63, 3.8) is 0 Å². The van der Waals surface area contributed by atoms with E-state index in [1.807, 2.05) is 31.2 Å². The number of rotatable bonds is 4. The minimum absolute atomic E-state index is 0.126. The van der Waals surface area contributed by atoms with E-state index in [0.717, 1.165) is 11.3 Å². The van der Waals surface area contributed by atoms with Gasteiger partial charge < -0.3 is 0 Å². The van der Waals surface area contributed by atoms with Crippen molar-refractivity contribution in [3.8, 4) is 0 Å². The average molecular weight is 294 g/mol. The van der Waals surface area contributed by atoms with Crippen LogP contribution in [0.15, 0.2) is 29.2 Å². The molecule has 2 rings (SSSR count). The van der Waals surface area contributed by atoms with Crippen LogP contribution in [0.3, 0.4) is 0 Å². The van der Waals surface area contributed by atoms with Gasteiger partial charge in [-0.15, -0.1) is 0 Å². The molecule has 1 aliphatic rings. The molecule has 0 unspecified atom stereocenters. The van der Waals surface area contributed by atoms with Crippen LogP contribution in [0, 0.1) is 24.7 Å². The molecule has 20 heavy (non-hydrogen) atoms. The van der Waals surface area contributed by atoms with Gasteiger partial charge in [-0.25, -0.2) is 4.21 Å². The van der Waals surface area contributed by atoms with Gasteiger partial charge in [-0.1, -0.05) is 44.9 Å². The summed E-state index contributed by atoms with van der Waals surface area (Å²) >= 11 is -1.34. The highest BCUT2D eigenvalue weighted by molar-refractivity contribution is 7.80. The third-order valence-corrected chi connectivity index (χ3v) is 5.46. The predicted molar refractivity (Wildman–Crippen MR) is 83.8 cm³/mol. The van der Waals surface area contributed by atoms with Crippen LogP contribution in [0.5, 0.6) is 0 Å². The van der Waals surface area contributed by atoms with Crippen molar-refractivity contribution in [2.75, 3.05) is 0 Å². The zero-order valence-electron chi connectivity index (χ0n) is 13.0. The van der Waals surface area contributed by atoms with E-state index in [1.54, 1.807) is 0 Å². The summed E-state index contributed by atoms with van der Waals surface area (Å²) in [5.41, 5.74) is 1.18. The molecular formula is C17H26O2S. The zero-order chi connectivity index (χ0) is 14.7. The highest BCUT2D eigenvalue weighted by Crippen LogP contribution is 2.36. The minimum Gasteiger partial charge on any atom is -0.283 e. The Morgan fingerprint density at radius 1 is 1.20 bits per heavy atom. The maximum atomic E-state index is 12.4. The van der Waals surface area contributed by atoms with Crippen molar-refractivity contribution in [2.24, 2.45) is 17.8 Å². The minimum atomic E-state index is -1.34. The molecule has 0 heterocycles. The molecule has 1 fully saturated rings. The second kappa shape index (κ2) is 6.86. The fraction of sp³-hybridized carbons (Fsp3) is 0.647. The summed E-state index contributed by atoms with van der Waals surface area (Å²) < 4.78 is 18.3. The zero-order valence-corrected chi connectivity index (χ0v) is 13.8. The topological polar surface area (TPSA) is 26.3 Å². The monoisotopic (exact) mass is 294 g/mol. The van der Waals surface area contributed by atoms with Crippen molar-refractivity contribution in [2.45, 2.75) is 58.0 Å². The lowest BCUT2D eigenvalue weighted by Crippen LogP contribution is -2.34. The van der Waals surface area contributed by atoms with Gasteiger partial charge in [0.15, 0.2) is 11.1 Å². The molecule has 0 aromatic heterocycles. The van der Waals surface area contributed by atoms with Crippen LogP contribution >= 0.6 is 0 Å². The predicted octanol–water partition coefficient (Wildman–Crippen LogP) is 4.50. The van der Waals surface area contributed by atoms with Crippen molar-refractivity contribution in [1.29, 1.82) is 0 Å². The molecular weight excluding hydrogens is 268 g/mol. The molecule has 0 radical (unpaired) electrons. The molecule has 1 aliphatic carbocycles. The quantitative estimate of drug-likeness (QED) is 0.817. The summed E-state index contributed by atoms with van der Waals surface area (Å²) in [4.78, 5) is 0.774. The Kier molecular flexibility index (Phi) is 5.39. The standard InChI is InChI=1S/C17H26O2S/c1-12(2)16-10-7-14(4)11-17(16)19-20(18)15-8-5-13(3)6-9-15/h5-6,8-9,12,14,16-17H,7,10-11H2,1-4H3/t14-,16-,17+,20-/m1/s1. The highest BCUT2D eigenvalue weighted by atomic mass is 32.2. The molecule has 1 aromatic carbocycles. The van der Waals surface area contributed by atoms with Gasteiger partial charge in [0, 0.05) is 0 Å². The van der Waals surface area contributed by atoms with Gasteiger partial charge in [0.2, 0.25) is 0 Å². The van der Waals surface area contributed by atoms with Gasteiger partial charge in [-0.3, -0.25) is 4.18 Å². The number of benzene rings is 1. The summed E-state index contributed by atoms with van der Waals surface area (Å²) in [7, 11) is 0. The van der Waals surface area contributed by atoms with Crippen LogP contribution in [0.2, 0.25) is 0 Å².